The quantitative estimate of drug-likeness (QED) is 0.261. The lowest BCUT2D eigenvalue weighted by Crippen LogP contribution is -1.95. The van der Waals surface area contributed by atoms with Gasteiger partial charge in [0.2, 0.25) is 0 Å². The summed E-state index contributed by atoms with van der Waals surface area (Å²) in [5.74, 6) is 1.78. The minimum Gasteiger partial charge on any atom is -0.461 e. The molecule has 0 saturated heterocycles. The molecule has 2 nitrogen and oxygen atoms in total. The van der Waals surface area contributed by atoms with E-state index in [1.54, 1.807) is 11.8 Å². The normalized spacial score (nSPS) is 12.9. The van der Waals surface area contributed by atoms with Gasteiger partial charge in [0.05, 0.1) is 11.2 Å². The first kappa shape index (κ1) is 18.3. The maximum Gasteiger partial charge on any atom is 0.132 e. The molecule has 0 bridgehead atoms. The highest BCUT2D eigenvalue weighted by Crippen LogP contribution is 2.30. The van der Waals surface area contributed by atoms with Gasteiger partial charge in [0, 0.05) is 0 Å². The minimum absolute atomic E-state index is 0.868. The second-order valence-electron chi connectivity index (χ2n) is 4.98. The maximum atomic E-state index is 5.97. The van der Waals surface area contributed by atoms with Crippen molar-refractivity contribution in [1.29, 1.82) is 0 Å². The van der Waals surface area contributed by atoms with Crippen LogP contribution in [0.15, 0.2) is 53.3 Å². The van der Waals surface area contributed by atoms with Crippen LogP contribution in [-0.2, 0) is 0 Å². The highest BCUT2D eigenvalue weighted by Gasteiger charge is 2.06. The molecular formula is C19H25NOS. The van der Waals surface area contributed by atoms with Crippen LogP contribution in [0, 0.1) is 13.8 Å². The Bertz CT molecular complexity index is 574. The summed E-state index contributed by atoms with van der Waals surface area (Å²) in [5.41, 5.74) is 4.99. The fraction of sp³-hybridized carbons (Fsp3) is 0.316. The lowest BCUT2D eigenvalue weighted by Gasteiger charge is -2.12. The van der Waals surface area contributed by atoms with Gasteiger partial charge in [-0.2, -0.15) is 0 Å². The molecule has 0 radical (unpaired) electrons. The molecule has 1 aromatic carbocycles. The van der Waals surface area contributed by atoms with Gasteiger partial charge in [-0.3, -0.25) is 4.99 Å². The number of hydrogen-bond acceptors (Lipinski definition) is 3. The molecule has 0 heterocycles. The van der Waals surface area contributed by atoms with Gasteiger partial charge in [-0.15, -0.1) is 11.8 Å². The number of hydrogen-bond donors (Lipinski definition) is 0. The van der Waals surface area contributed by atoms with Crippen LogP contribution in [0.5, 0.6) is 5.75 Å². The number of aliphatic imine (C=N–C) groups is 1. The second-order valence-corrected chi connectivity index (χ2v) is 5.66. The SMILES string of the molecule is CC/C=C/C=C\C=C(/C)Oc1c(C)cc(/N=C/SC)cc1C. The molecule has 0 aliphatic rings. The van der Waals surface area contributed by atoms with Gasteiger partial charge in [0.1, 0.15) is 11.5 Å². The summed E-state index contributed by atoms with van der Waals surface area (Å²) in [7, 11) is 0. The molecule has 118 valence electrons. The molecule has 0 unspecified atom stereocenters. The molecule has 0 aliphatic heterocycles. The van der Waals surface area contributed by atoms with Crippen LogP contribution in [-0.4, -0.2) is 11.8 Å². The van der Waals surface area contributed by atoms with E-state index in [-0.39, 0.29) is 0 Å². The van der Waals surface area contributed by atoms with Crippen LogP contribution in [0.2, 0.25) is 0 Å². The topological polar surface area (TPSA) is 21.6 Å². The summed E-state index contributed by atoms with van der Waals surface area (Å²) in [5, 5.41) is 0. The molecule has 0 amide bonds. The lowest BCUT2D eigenvalue weighted by molar-refractivity contribution is 0.422. The summed E-state index contributed by atoms with van der Waals surface area (Å²) >= 11 is 1.59. The van der Waals surface area contributed by atoms with Crippen molar-refractivity contribution in [3.05, 3.63) is 59.4 Å². The van der Waals surface area contributed by atoms with E-state index in [4.69, 9.17) is 4.74 Å². The molecule has 0 aliphatic carbocycles. The van der Waals surface area contributed by atoms with Crippen LogP contribution in [0.25, 0.3) is 0 Å². The van der Waals surface area contributed by atoms with E-state index < -0.39 is 0 Å². The van der Waals surface area contributed by atoms with Crippen LogP contribution in [0.1, 0.15) is 31.4 Å². The number of benzene rings is 1. The molecule has 0 fully saturated rings. The smallest absolute Gasteiger partial charge is 0.132 e. The predicted molar refractivity (Wildman–Crippen MR) is 101 cm³/mol. The van der Waals surface area contributed by atoms with E-state index in [2.05, 4.69) is 18.0 Å². The fourth-order valence-electron chi connectivity index (χ4n) is 1.94. The zero-order chi connectivity index (χ0) is 16.4. The average Bonchev–Trinajstić information content (AvgIpc) is 2.48. The van der Waals surface area contributed by atoms with Crippen LogP contribution < -0.4 is 4.74 Å². The molecule has 0 atom stereocenters. The van der Waals surface area contributed by atoms with Crippen molar-refractivity contribution >= 4 is 23.0 Å². The largest absolute Gasteiger partial charge is 0.461 e. The molecule has 1 aromatic rings. The molecule has 22 heavy (non-hydrogen) atoms. The molecule has 0 N–H and O–H groups in total. The monoisotopic (exact) mass is 315 g/mol. The minimum atomic E-state index is 0.868. The maximum absolute atomic E-state index is 5.97. The average molecular weight is 315 g/mol. The summed E-state index contributed by atoms with van der Waals surface area (Å²) in [4.78, 5) is 4.39. The van der Waals surface area contributed by atoms with Crippen molar-refractivity contribution in [2.75, 3.05) is 6.26 Å². The summed E-state index contributed by atoms with van der Waals surface area (Å²) in [6.07, 6.45) is 13.2. The van der Waals surface area contributed by atoms with Gasteiger partial charge < -0.3 is 4.74 Å². The number of rotatable bonds is 7. The first-order chi connectivity index (χ1) is 10.6. The highest BCUT2D eigenvalue weighted by atomic mass is 32.2. The van der Waals surface area contributed by atoms with Crippen LogP contribution in [0.4, 0.5) is 5.69 Å². The van der Waals surface area contributed by atoms with Gasteiger partial charge in [-0.1, -0.05) is 31.2 Å². The Morgan fingerprint density at radius 2 is 1.86 bits per heavy atom. The second kappa shape index (κ2) is 10.1. The van der Waals surface area contributed by atoms with Crippen molar-refractivity contribution in [3.63, 3.8) is 0 Å². The molecule has 1 rings (SSSR count). The number of thioether (sulfide) groups is 1. The number of nitrogens with zero attached hydrogens (tertiary/aromatic N) is 1. The Hall–Kier alpha value is -1.74. The van der Waals surface area contributed by atoms with Gasteiger partial charge in [0.25, 0.3) is 0 Å². The van der Waals surface area contributed by atoms with Gasteiger partial charge in [-0.05, 0) is 62.8 Å². The van der Waals surface area contributed by atoms with Crippen molar-refractivity contribution in [1.82, 2.24) is 0 Å². The molecule has 0 aromatic heterocycles. The molecule has 3 heteroatoms. The van der Waals surface area contributed by atoms with Crippen LogP contribution >= 0.6 is 11.8 Å². The van der Waals surface area contributed by atoms with E-state index in [0.29, 0.717) is 0 Å². The third-order valence-corrected chi connectivity index (χ3v) is 3.26. The van der Waals surface area contributed by atoms with Crippen molar-refractivity contribution in [3.8, 4) is 5.75 Å². The number of allylic oxidation sites excluding steroid dienone is 6. The zero-order valence-electron chi connectivity index (χ0n) is 14.1. The van der Waals surface area contributed by atoms with E-state index in [0.717, 1.165) is 34.7 Å². The Balaban J connectivity index is 2.85. The first-order valence-corrected chi connectivity index (χ1v) is 8.71. The summed E-state index contributed by atoms with van der Waals surface area (Å²) in [6.45, 7) is 8.18. The van der Waals surface area contributed by atoms with Gasteiger partial charge in [0.15, 0.2) is 0 Å². The summed E-state index contributed by atoms with van der Waals surface area (Å²) in [6, 6.07) is 4.09. The lowest BCUT2D eigenvalue weighted by atomic mass is 10.1. The number of ether oxygens (including phenoxy) is 1. The summed E-state index contributed by atoms with van der Waals surface area (Å²) < 4.78 is 5.97. The van der Waals surface area contributed by atoms with Gasteiger partial charge >= 0.3 is 0 Å². The van der Waals surface area contributed by atoms with E-state index in [1.807, 2.05) is 69.0 Å². The van der Waals surface area contributed by atoms with E-state index >= 15 is 0 Å². The van der Waals surface area contributed by atoms with Crippen molar-refractivity contribution in [2.24, 2.45) is 4.99 Å². The van der Waals surface area contributed by atoms with Crippen LogP contribution in [0.3, 0.4) is 0 Å². The zero-order valence-corrected chi connectivity index (χ0v) is 14.9. The van der Waals surface area contributed by atoms with E-state index in [1.165, 1.54) is 0 Å². The first-order valence-electron chi connectivity index (χ1n) is 7.43. The third-order valence-electron chi connectivity index (χ3n) is 2.94. The Labute approximate surface area is 138 Å². The molecule has 0 saturated carbocycles. The third kappa shape index (κ3) is 6.35. The Morgan fingerprint density at radius 3 is 2.45 bits per heavy atom. The highest BCUT2D eigenvalue weighted by molar-refractivity contribution is 8.11. The van der Waals surface area contributed by atoms with E-state index in [9.17, 15) is 0 Å². The predicted octanol–water partition coefficient (Wildman–Crippen LogP) is 6.13. The standard InChI is InChI=1S/C19H25NOS/c1-6-7-8-9-10-11-17(4)21-19-15(2)12-18(13-16(19)3)20-14-22-5/h7-14H,6H2,1-5H3/b8-7+,10-9-,17-11+,20-14+. The fourth-order valence-corrected chi connectivity index (χ4v) is 2.17. The Morgan fingerprint density at radius 1 is 1.18 bits per heavy atom. The molecular weight excluding hydrogens is 290 g/mol. The van der Waals surface area contributed by atoms with Crippen molar-refractivity contribution < 1.29 is 4.74 Å². The Kier molecular flexibility index (Phi) is 8.38. The van der Waals surface area contributed by atoms with Gasteiger partial charge in [-0.25, -0.2) is 0 Å². The molecule has 0 spiro atoms. The number of aryl methyl sites for hydroxylation is 2. The van der Waals surface area contributed by atoms with Crippen molar-refractivity contribution in [2.45, 2.75) is 34.1 Å².